The Labute approximate surface area is 231 Å². The van der Waals surface area contributed by atoms with Crippen molar-refractivity contribution in [1.82, 2.24) is 0 Å². The SMILES string of the molecule is CCN(CCC[C@H](/C=C/CCCSN)OC)c1cc(C(N)=O)ccc1OCCCCc1cccc(Cl)c1. The molecule has 0 spiro atoms. The van der Waals surface area contributed by atoms with Gasteiger partial charge in [0, 0.05) is 36.5 Å². The summed E-state index contributed by atoms with van der Waals surface area (Å²) >= 11 is 7.46. The maximum atomic E-state index is 11.9. The summed E-state index contributed by atoms with van der Waals surface area (Å²) in [5.74, 6) is 1.29. The highest BCUT2D eigenvalue weighted by Crippen LogP contribution is 2.30. The number of nitrogens with two attached hydrogens (primary N) is 2. The lowest BCUT2D eigenvalue weighted by Crippen LogP contribution is -2.26. The van der Waals surface area contributed by atoms with E-state index in [9.17, 15) is 4.79 Å². The molecule has 4 N–H and O–H groups in total. The van der Waals surface area contributed by atoms with Crippen LogP contribution >= 0.6 is 23.5 Å². The standard InChI is InChI=1S/C29H42ClN3O3S/c1-3-33(18-10-15-26(35-2)14-5-4-8-20-37-32)27-22-24(29(31)34)16-17-28(27)36-19-7-6-11-23-12-9-13-25(30)21-23/h5,9,12-14,16-17,21-22,26H,3-4,6-8,10-11,15,18-20,32H2,1-2H3,(H2,31,34)/b14-5+/t26-/m0/s1. The fourth-order valence-corrected chi connectivity index (χ4v) is 4.65. The second kappa shape index (κ2) is 18.1. The first kappa shape index (κ1) is 31.0. The van der Waals surface area contributed by atoms with Crippen molar-refractivity contribution in [3.63, 3.8) is 0 Å². The minimum atomic E-state index is -0.442. The number of carbonyl (C=O) groups is 1. The van der Waals surface area contributed by atoms with Gasteiger partial charge < -0.3 is 20.1 Å². The first-order valence-electron chi connectivity index (χ1n) is 13.1. The maximum Gasteiger partial charge on any atom is 0.248 e. The Morgan fingerprint density at radius 3 is 2.70 bits per heavy atom. The van der Waals surface area contributed by atoms with E-state index in [1.165, 1.54) is 17.5 Å². The van der Waals surface area contributed by atoms with E-state index in [-0.39, 0.29) is 6.10 Å². The van der Waals surface area contributed by atoms with Gasteiger partial charge in [-0.15, -0.1) is 0 Å². The smallest absolute Gasteiger partial charge is 0.248 e. The van der Waals surface area contributed by atoms with Gasteiger partial charge in [0.2, 0.25) is 5.91 Å². The summed E-state index contributed by atoms with van der Waals surface area (Å²) in [6, 6.07) is 13.4. The summed E-state index contributed by atoms with van der Waals surface area (Å²) in [5, 5.41) is 6.25. The lowest BCUT2D eigenvalue weighted by atomic mass is 10.1. The Morgan fingerprint density at radius 2 is 2.00 bits per heavy atom. The van der Waals surface area contributed by atoms with E-state index in [0.29, 0.717) is 12.2 Å². The normalized spacial score (nSPS) is 12.1. The molecule has 0 unspecified atom stereocenters. The number of nitrogens with zero attached hydrogens (tertiary/aromatic N) is 1. The molecule has 1 atom stereocenters. The quantitative estimate of drug-likeness (QED) is 0.120. The Balaban J connectivity index is 1.94. The molecule has 2 aromatic rings. The highest BCUT2D eigenvalue weighted by Gasteiger charge is 2.15. The molecule has 0 aliphatic carbocycles. The van der Waals surface area contributed by atoms with E-state index in [0.717, 1.165) is 80.2 Å². The molecule has 37 heavy (non-hydrogen) atoms. The van der Waals surface area contributed by atoms with E-state index < -0.39 is 5.91 Å². The van der Waals surface area contributed by atoms with Crippen LogP contribution in [-0.2, 0) is 11.2 Å². The minimum Gasteiger partial charge on any atom is -0.491 e. The highest BCUT2D eigenvalue weighted by molar-refractivity contribution is 7.97. The van der Waals surface area contributed by atoms with Gasteiger partial charge in [0.15, 0.2) is 0 Å². The van der Waals surface area contributed by atoms with Crippen LogP contribution in [0.4, 0.5) is 5.69 Å². The van der Waals surface area contributed by atoms with Crippen LogP contribution in [0.5, 0.6) is 5.75 Å². The largest absolute Gasteiger partial charge is 0.491 e. The van der Waals surface area contributed by atoms with Crippen LogP contribution in [0, 0.1) is 0 Å². The molecule has 0 aromatic heterocycles. The number of allylic oxidation sites excluding steroid dienone is 1. The fourth-order valence-electron chi connectivity index (χ4n) is 4.10. The number of anilines is 1. The predicted molar refractivity (Wildman–Crippen MR) is 158 cm³/mol. The molecule has 0 fully saturated rings. The van der Waals surface area contributed by atoms with E-state index in [2.05, 4.69) is 30.0 Å². The number of primary amides is 1. The Kier molecular flexibility index (Phi) is 15.2. The van der Waals surface area contributed by atoms with Gasteiger partial charge in [0.05, 0.1) is 18.4 Å². The summed E-state index contributed by atoms with van der Waals surface area (Å²) in [7, 11) is 1.75. The maximum absolute atomic E-state index is 11.9. The summed E-state index contributed by atoms with van der Waals surface area (Å²) in [6.45, 7) is 4.31. The van der Waals surface area contributed by atoms with Crippen molar-refractivity contribution in [2.75, 3.05) is 37.5 Å². The fraction of sp³-hybridized carbons (Fsp3) is 0.483. The molecule has 0 aliphatic heterocycles. The van der Waals surface area contributed by atoms with Crippen molar-refractivity contribution in [1.29, 1.82) is 0 Å². The number of aryl methyl sites for hydroxylation is 1. The second-order valence-electron chi connectivity index (χ2n) is 8.92. The van der Waals surface area contributed by atoms with Crippen molar-refractivity contribution in [3.05, 3.63) is 70.8 Å². The Bertz CT molecular complexity index is 973. The van der Waals surface area contributed by atoms with Gasteiger partial charge in [-0.1, -0.05) is 47.8 Å². The number of amides is 1. The van der Waals surface area contributed by atoms with Crippen LogP contribution in [0.3, 0.4) is 0 Å². The number of halogens is 1. The Morgan fingerprint density at radius 1 is 1.16 bits per heavy atom. The van der Waals surface area contributed by atoms with Crippen molar-refractivity contribution in [2.45, 2.75) is 58.0 Å². The number of rotatable bonds is 19. The second-order valence-corrected chi connectivity index (χ2v) is 10.1. The molecule has 6 nitrogen and oxygen atoms in total. The predicted octanol–water partition coefficient (Wildman–Crippen LogP) is 6.41. The first-order chi connectivity index (χ1) is 18.0. The van der Waals surface area contributed by atoms with Gasteiger partial charge in [-0.2, -0.15) is 0 Å². The molecule has 2 rings (SSSR count). The number of ether oxygens (including phenoxy) is 2. The van der Waals surface area contributed by atoms with Crippen LogP contribution in [0.2, 0.25) is 5.02 Å². The van der Waals surface area contributed by atoms with Crippen molar-refractivity contribution >= 4 is 35.1 Å². The molecule has 0 radical (unpaired) electrons. The average Bonchev–Trinajstić information content (AvgIpc) is 2.89. The lowest BCUT2D eigenvalue weighted by molar-refractivity contribution is 0.1000. The van der Waals surface area contributed by atoms with Gasteiger partial charge in [-0.05, 0) is 87.8 Å². The van der Waals surface area contributed by atoms with Gasteiger partial charge in [-0.3, -0.25) is 9.93 Å². The van der Waals surface area contributed by atoms with E-state index in [4.69, 9.17) is 31.9 Å². The first-order valence-corrected chi connectivity index (χ1v) is 14.5. The van der Waals surface area contributed by atoms with Crippen LogP contribution in [0.25, 0.3) is 0 Å². The lowest BCUT2D eigenvalue weighted by Gasteiger charge is -2.26. The van der Waals surface area contributed by atoms with E-state index in [1.54, 1.807) is 13.2 Å². The van der Waals surface area contributed by atoms with Crippen LogP contribution in [0.1, 0.15) is 61.4 Å². The molecule has 8 heteroatoms. The number of carbonyl (C=O) groups excluding carboxylic acids is 1. The van der Waals surface area contributed by atoms with E-state index >= 15 is 0 Å². The summed E-state index contributed by atoms with van der Waals surface area (Å²) in [6.07, 6.45) is 11.2. The van der Waals surface area contributed by atoms with Crippen molar-refractivity contribution < 1.29 is 14.3 Å². The van der Waals surface area contributed by atoms with E-state index in [1.807, 2.05) is 30.3 Å². The number of hydrogen-bond donors (Lipinski definition) is 2. The average molecular weight is 548 g/mol. The molecular formula is C29H42ClN3O3S. The molecular weight excluding hydrogens is 506 g/mol. The number of hydrogen-bond acceptors (Lipinski definition) is 6. The summed E-state index contributed by atoms with van der Waals surface area (Å²) in [4.78, 5) is 14.1. The van der Waals surface area contributed by atoms with Crippen molar-refractivity contribution in [2.24, 2.45) is 10.9 Å². The third-order valence-electron chi connectivity index (χ3n) is 6.18. The van der Waals surface area contributed by atoms with Gasteiger partial charge in [0.25, 0.3) is 0 Å². The number of benzene rings is 2. The van der Waals surface area contributed by atoms with Gasteiger partial charge in [-0.25, -0.2) is 0 Å². The third-order valence-corrected chi connectivity index (χ3v) is 6.93. The van der Waals surface area contributed by atoms with Crippen LogP contribution < -0.4 is 20.5 Å². The zero-order chi connectivity index (χ0) is 26.9. The molecule has 0 heterocycles. The molecule has 1 amide bonds. The van der Waals surface area contributed by atoms with Crippen LogP contribution in [0.15, 0.2) is 54.6 Å². The summed E-state index contributed by atoms with van der Waals surface area (Å²) in [5.41, 5.74) is 8.19. The monoisotopic (exact) mass is 547 g/mol. The summed E-state index contributed by atoms with van der Waals surface area (Å²) < 4.78 is 11.8. The third kappa shape index (κ3) is 11.8. The highest BCUT2D eigenvalue weighted by atomic mass is 35.5. The van der Waals surface area contributed by atoms with Crippen LogP contribution in [-0.4, -0.2) is 44.6 Å². The zero-order valence-electron chi connectivity index (χ0n) is 22.2. The zero-order valence-corrected chi connectivity index (χ0v) is 23.7. The molecule has 0 saturated heterocycles. The topological polar surface area (TPSA) is 90.8 Å². The number of unbranched alkanes of at least 4 members (excludes halogenated alkanes) is 2. The van der Waals surface area contributed by atoms with Gasteiger partial charge >= 0.3 is 0 Å². The molecule has 0 aliphatic rings. The van der Waals surface area contributed by atoms with Gasteiger partial charge in [0.1, 0.15) is 5.75 Å². The molecule has 2 aromatic carbocycles. The Hall–Kier alpha value is -2.19. The molecule has 0 saturated carbocycles. The minimum absolute atomic E-state index is 0.0800. The van der Waals surface area contributed by atoms with Crippen molar-refractivity contribution in [3.8, 4) is 5.75 Å². The molecule has 204 valence electrons. The molecule has 0 bridgehead atoms. The number of methoxy groups -OCH3 is 1.